The van der Waals surface area contributed by atoms with Gasteiger partial charge < -0.3 is 29.2 Å². The molecule has 8 nitrogen and oxygen atoms in total. The van der Waals surface area contributed by atoms with Crippen LogP contribution in [-0.2, 0) is 4.74 Å². The number of rotatable bonds is 9. The number of aliphatic hydroxyl groups excluding tert-OH is 1. The van der Waals surface area contributed by atoms with Gasteiger partial charge in [0.15, 0.2) is 11.3 Å². The Morgan fingerprint density at radius 2 is 2.26 bits per heavy atom. The number of oxazole rings is 1. The Morgan fingerprint density at radius 1 is 1.41 bits per heavy atom. The molecule has 0 unspecified atom stereocenters. The van der Waals surface area contributed by atoms with Crippen molar-refractivity contribution >= 4 is 34.6 Å². The number of ether oxygens (including phenoxy) is 2. The number of halogens is 2. The molecular formula is C24H27ClFN3O5. The molecule has 2 aromatic carbocycles. The molecule has 0 bridgehead atoms. The predicted molar refractivity (Wildman–Crippen MR) is 126 cm³/mol. The summed E-state index contributed by atoms with van der Waals surface area (Å²) in [5, 5.41) is 12.6. The van der Waals surface area contributed by atoms with Crippen molar-refractivity contribution in [2.75, 3.05) is 45.5 Å². The van der Waals surface area contributed by atoms with E-state index >= 15 is 0 Å². The Morgan fingerprint density at radius 3 is 3.00 bits per heavy atom. The third kappa shape index (κ3) is 5.27. The highest BCUT2D eigenvalue weighted by Crippen LogP contribution is 2.32. The Labute approximate surface area is 201 Å². The predicted octanol–water partition coefficient (Wildman–Crippen LogP) is 4.23. The molecule has 1 saturated heterocycles. The van der Waals surface area contributed by atoms with Crippen molar-refractivity contribution in [2.45, 2.75) is 24.9 Å². The van der Waals surface area contributed by atoms with Crippen molar-refractivity contribution in [3.63, 3.8) is 0 Å². The lowest BCUT2D eigenvalue weighted by molar-refractivity contribution is -0.00575. The van der Waals surface area contributed by atoms with E-state index in [2.05, 4.69) is 10.3 Å². The van der Waals surface area contributed by atoms with E-state index in [-0.39, 0.29) is 24.6 Å². The molecule has 2 atom stereocenters. The monoisotopic (exact) mass is 491 g/mol. The van der Waals surface area contributed by atoms with Gasteiger partial charge in [-0.1, -0.05) is 23.7 Å². The molecule has 1 aromatic heterocycles. The molecular weight excluding hydrogens is 465 g/mol. The number of morpholine rings is 1. The van der Waals surface area contributed by atoms with Crippen LogP contribution < -0.4 is 10.1 Å². The minimum Gasteiger partial charge on any atom is -0.493 e. The van der Waals surface area contributed by atoms with Gasteiger partial charge >= 0.3 is 0 Å². The van der Waals surface area contributed by atoms with Crippen LogP contribution >= 0.6 is 11.6 Å². The average molecular weight is 492 g/mol. The van der Waals surface area contributed by atoms with E-state index < -0.39 is 12.7 Å². The van der Waals surface area contributed by atoms with Crippen molar-refractivity contribution in [2.24, 2.45) is 0 Å². The molecule has 1 aliphatic heterocycles. The molecule has 0 aliphatic carbocycles. The first-order valence-corrected chi connectivity index (χ1v) is 11.5. The normalized spacial score (nSPS) is 17.1. The third-order valence-corrected chi connectivity index (χ3v) is 6.04. The van der Waals surface area contributed by atoms with Gasteiger partial charge in [-0.05, 0) is 42.7 Å². The number of amides is 1. The van der Waals surface area contributed by atoms with E-state index in [9.17, 15) is 14.3 Å². The van der Waals surface area contributed by atoms with Crippen LogP contribution in [0.4, 0.5) is 10.4 Å². The number of benzene rings is 2. The van der Waals surface area contributed by atoms with E-state index in [0.717, 1.165) is 0 Å². The van der Waals surface area contributed by atoms with Gasteiger partial charge in [-0.15, -0.1) is 0 Å². The van der Waals surface area contributed by atoms with Crippen molar-refractivity contribution in [3.05, 3.63) is 52.5 Å². The zero-order valence-electron chi connectivity index (χ0n) is 18.8. The van der Waals surface area contributed by atoms with Crippen LogP contribution in [0.2, 0.25) is 5.02 Å². The zero-order chi connectivity index (χ0) is 24.1. The van der Waals surface area contributed by atoms with Crippen LogP contribution in [0.15, 0.2) is 40.8 Å². The molecule has 1 aliphatic rings. The second kappa shape index (κ2) is 11.0. The summed E-state index contributed by atoms with van der Waals surface area (Å²) in [7, 11) is 1.48. The largest absolute Gasteiger partial charge is 0.493 e. The molecule has 4 rings (SSSR count). The number of carbonyl (C=O) groups is 1. The fraction of sp³-hybridized carbons (Fsp3) is 0.417. The van der Waals surface area contributed by atoms with Gasteiger partial charge in [0.05, 0.1) is 32.4 Å². The summed E-state index contributed by atoms with van der Waals surface area (Å²) in [6, 6.07) is 9.42. The number of hydrogen-bond donors (Lipinski definition) is 2. The number of alkyl halides is 1. The number of nitrogens with one attached hydrogen (secondary N) is 1. The first kappa shape index (κ1) is 24.3. The molecule has 182 valence electrons. The number of anilines is 1. The zero-order valence-corrected chi connectivity index (χ0v) is 19.6. The summed E-state index contributed by atoms with van der Waals surface area (Å²) < 4.78 is 30.6. The van der Waals surface area contributed by atoms with E-state index in [1.807, 2.05) is 0 Å². The van der Waals surface area contributed by atoms with E-state index in [1.54, 1.807) is 41.3 Å². The van der Waals surface area contributed by atoms with Crippen LogP contribution in [0.1, 0.15) is 34.8 Å². The quantitative estimate of drug-likeness (QED) is 0.462. The highest BCUT2D eigenvalue weighted by atomic mass is 35.5. The molecule has 1 fully saturated rings. The fourth-order valence-electron chi connectivity index (χ4n) is 4.08. The number of fused-ring (bicyclic) bond motifs is 1. The average Bonchev–Trinajstić information content (AvgIpc) is 3.27. The van der Waals surface area contributed by atoms with Crippen molar-refractivity contribution in [3.8, 4) is 5.75 Å². The number of aromatic nitrogens is 1. The molecule has 0 radical (unpaired) electrons. The molecule has 0 saturated carbocycles. The Bertz CT molecular complexity index is 1140. The van der Waals surface area contributed by atoms with Gasteiger partial charge in [-0.2, -0.15) is 4.98 Å². The smallest absolute Gasteiger partial charge is 0.296 e. The van der Waals surface area contributed by atoms with Crippen molar-refractivity contribution in [1.82, 2.24) is 9.88 Å². The number of nitrogens with zero attached hydrogens (tertiary/aromatic N) is 2. The maximum atomic E-state index is 13.8. The van der Waals surface area contributed by atoms with E-state index in [1.165, 1.54) is 7.11 Å². The maximum absolute atomic E-state index is 13.8. The molecule has 2 N–H and O–H groups in total. The Hall–Kier alpha value is -2.88. The second-order valence-electron chi connectivity index (χ2n) is 8.05. The third-order valence-electron chi connectivity index (χ3n) is 5.81. The van der Waals surface area contributed by atoms with Gasteiger partial charge in [0, 0.05) is 23.7 Å². The Kier molecular flexibility index (Phi) is 7.87. The molecule has 0 spiro atoms. The van der Waals surface area contributed by atoms with E-state index in [4.69, 9.17) is 25.5 Å². The molecule has 2 heterocycles. The molecule has 1 amide bonds. The minimum atomic E-state index is -0.709. The summed E-state index contributed by atoms with van der Waals surface area (Å²) in [6.07, 6.45) is 1.23. The standard InChI is InChI=1S/C24H27ClFN3O5/c1-32-21-12-16(23(31)29-7-9-33-14-18(29)6-3-8-30)11-19-22(21)34-24(27-19)28-20(13-26)15-4-2-5-17(25)10-15/h2,4-5,10-12,18,20,30H,3,6-9,13-14H2,1H3,(H,27,28)/t18-,20+/m0/s1. The highest BCUT2D eigenvalue weighted by molar-refractivity contribution is 6.30. The van der Waals surface area contributed by atoms with Crippen molar-refractivity contribution < 1.29 is 28.2 Å². The van der Waals surface area contributed by atoms with Crippen LogP contribution in [0.3, 0.4) is 0 Å². The fourth-order valence-corrected chi connectivity index (χ4v) is 4.28. The number of aliphatic hydroxyl groups is 1. The molecule has 34 heavy (non-hydrogen) atoms. The van der Waals surface area contributed by atoms with Gasteiger partial charge in [0.1, 0.15) is 12.2 Å². The van der Waals surface area contributed by atoms with Crippen LogP contribution in [0.5, 0.6) is 5.75 Å². The summed E-state index contributed by atoms with van der Waals surface area (Å²) in [5.41, 5.74) is 1.82. The van der Waals surface area contributed by atoms with Gasteiger partial charge in [0.2, 0.25) is 0 Å². The van der Waals surface area contributed by atoms with Crippen molar-refractivity contribution in [1.29, 1.82) is 0 Å². The topological polar surface area (TPSA) is 97.1 Å². The molecule has 3 aromatic rings. The minimum absolute atomic E-state index is 0.0576. The first-order valence-electron chi connectivity index (χ1n) is 11.1. The highest BCUT2D eigenvalue weighted by Gasteiger charge is 2.29. The van der Waals surface area contributed by atoms with Crippen LogP contribution in [0, 0.1) is 0 Å². The van der Waals surface area contributed by atoms with Crippen LogP contribution in [0.25, 0.3) is 11.1 Å². The SMILES string of the molecule is COc1cc(C(=O)N2CCOC[C@@H]2CCCO)cc2nc(N[C@H](CF)c3cccc(Cl)c3)oc12. The van der Waals surface area contributed by atoms with E-state index in [0.29, 0.717) is 65.6 Å². The summed E-state index contributed by atoms with van der Waals surface area (Å²) in [4.78, 5) is 19.5. The van der Waals surface area contributed by atoms with Gasteiger partial charge in [-0.3, -0.25) is 4.79 Å². The summed E-state index contributed by atoms with van der Waals surface area (Å²) in [5.74, 6) is 0.172. The Balaban J connectivity index is 1.61. The van der Waals surface area contributed by atoms with Gasteiger partial charge in [0.25, 0.3) is 11.9 Å². The number of hydrogen-bond acceptors (Lipinski definition) is 7. The lowest BCUT2D eigenvalue weighted by Crippen LogP contribution is -2.48. The van der Waals surface area contributed by atoms with Gasteiger partial charge in [-0.25, -0.2) is 4.39 Å². The maximum Gasteiger partial charge on any atom is 0.296 e. The lowest BCUT2D eigenvalue weighted by atomic mass is 10.1. The number of carbonyl (C=O) groups excluding carboxylic acids is 1. The second-order valence-corrected chi connectivity index (χ2v) is 8.48. The van der Waals surface area contributed by atoms with Crippen LogP contribution in [-0.4, -0.2) is 67.1 Å². The number of methoxy groups -OCH3 is 1. The molecule has 10 heteroatoms. The summed E-state index contributed by atoms with van der Waals surface area (Å²) in [6.45, 7) is 0.692. The lowest BCUT2D eigenvalue weighted by Gasteiger charge is -2.35. The summed E-state index contributed by atoms with van der Waals surface area (Å²) >= 11 is 6.04. The first-order chi connectivity index (χ1) is 16.5.